The Morgan fingerprint density at radius 3 is 2.52 bits per heavy atom. The maximum Gasteiger partial charge on any atom is 0.324 e. The number of para-hydroxylation sites is 2. The Bertz CT molecular complexity index is 844. The fourth-order valence-electron chi connectivity index (χ4n) is 3.35. The predicted octanol–water partition coefficient (Wildman–Crippen LogP) is 0.786. The molecule has 4 amide bonds. The number of amides is 4. The van der Waals surface area contributed by atoms with Crippen LogP contribution in [0.15, 0.2) is 30.5 Å². The second kappa shape index (κ2) is 6.12. The lowest BCUT2D eigenvalue weighted by molar-refractivity contribution is -0.127. The van der Waals surface area contributed by atoms with Crippen LogP contribution in [0.3, 0.4) is 0 Å². The van der Waals surface area contributed by atoms with E-state index in [1.54, 1.807) is 4.90 Å². The van der Waals surface area contributed by atoms with E-state index < -0.39 is 0 Å². The van der Waals surface area contributed by atoms with Crippen molar-refractivity contribution in [3.63, 3.8) is 0 Å². The fraction of sp³-hybridized carbons (Fsp3) is 0.353. The van der Waals surface area contributed by atoms with Crippen LogP contribution in [-0.2, 0) is 4.79 Å². The number of nitrogens with zero attached hydrogens (tertiary/aromatic N) is 4. The summed E-state index contributed by atoms with van der Waals surface area (Å²) >= 11 is 0. The van der Waals surface area contributed by atoms with Gasteiger partial charge in [0.25, 0.3) is 5.91 Å². The summed E-state index contributed by atoms with van der Waals surface area (Å²) in [6.45, 7) is 1.02. The molecule has 1 aromatic carbocycles. The van der Waals surface area contributed by atoms with E-state index in [9.17, 15) is 14.4 Å². The van der Waals surface area contributed by atoms with E-state index in [2.05, 4.69) is 15.3 Å². The molecular weight excluding hydrogens is 322 g/mol. The summed E-state index contributed by atoms with van der Waals surface area (Å²) in [5, 5.41) is 2.53. The first-order valence-corrected chi connectivity index (χ1v) is 8.24. The van der Waals surface area contributed by atoms with Crippen LogP contribution in [0.5, 0.6) is 0 Å². The van der Waals surface area contributed by atoms with Crippen molar-refractivity contribution in [3.8, 4) is 0 Å². The van der Waals surface area contributed by atoms with Crippen LogP contribution in [0.1, 0.15) is 23.3 Å². The number of carbonyl (C=O) groups excluding carboxylic acids is 3. The molecule has 2 fully saturated rings. The zero-order valence-electron chi connectivity index (χ0n) is 13.5. The van der Waals surface area contributed by atoms with E-state index >= 15 is 0 Å². The van der Waals surface area contributed by atoms with Crippen molar-refractivity contribution in [2.45, 2.75) is 18.9 Å². The number of hydrogen-bond donors (Lipinski definition) is 1. The lowest BCUT2D eigenvalue weighted by atomic mass is 10.0. The highest BCUT2D eigenvalue weighted by molar-refractivity contribution is 6.02. The van der Waals surface area contributed by atoms with Crippen molar-refractivity contribution in [1.82, 2.24) is 25.1 Å². The minimum atomic E-state index is -0.338. The molecule has 0 spiro atoms. The van der Waals surface area contributed by atoms with Gasteiger partial charge in [0.2, 0.25) is 5.91 Å². The van der Waals surface area contributed by atoms with E-state index in [1.165, 1.54) is 11.1 Å². The van der Waals surface area contributed by atoms with Crippen LogP contribution in [-0.4, -0.2) is 63.3 Å². The maximum absolute atomic E-state index is 12.7. The monoisotopic (exact) mass is 339 g/mol. The van der Waals surface area contributed by atoms with Crippen LogP contribution >= 0.6 is 0 Å². The molecule has 2 aliphatic heterocycles. The van der Waals surface area contributed by atoms with Gasteiger partial charge in [-0.15, -0.1) is 0 Å². The highest BCUT2D eigenvalue weighted by atomic mass is 16.2. The molecule has 0 radical (unpaired) electrons. The van der Waals surface area contributed by atoms with Crippen molar-refractivity contribution in [3.05, 3.63) is 36.2 Å². The molecule has 1 N–H and O–H groups in total. The van der Waals surface area contributed by atoms with Gasteiger partial charge in [-0.25, -0.2) is 9.78 Å². The molecule has 128 valence electrons. The first-order valence-electron chi connectivity index (χ1n) is 8.24. The summed E-state index contributed by atoms with van der Waals surface area (Å²) in [4.78, 5) is 47.9. The number of urea groups is 1. The normalized spacial score (nSPS) is 18.7. The van der Waals surface area contributed by atoms with Gasteiger partial charge in [-0.1, -0.05) is 12.1 Å². The van der Waals surface area contributed by atoms with E-state index in [1.807, 2.05) is 24.3 Å². The number of likely N-dealkylation sites (tertiary alicyclic amines) is 1. The van der Waals surface area contributed by atoms with Gasteiger partial charge >= 0.3 is 6.03 Å². The van der Waals surface area contributed by atoms with Gasteiger partial charge in [0.15, 0.2) is 0 Å². The van der Waals surface area contributed by atoms with E-state index in [0.29, 0.717) is 37.1 Å². The predicted molar refractivity (Wildman–Crippen MR) is 88.7 cm³/mol. The largest absolute Gasteiger partial charge is 0.337 e. The molecule has 8 nitrogen and oxygen atoms in total. The van der Waals surface area contributed by atoms with Gasteiger partial charge in [0.05, 0.1) is 23.8 Å². The molecule has 0 aliphatic carbocycles. The molecule has 3 heterocycles. The summed E-state index contributed by atoms with van der Waals surface area (Å²) in [7, 11) is 0. The molecule has 8 heteroatoms. The third kappa shape index (κ3) is 2.79. The molecule has 2 aliphatic rings. The van der Waals surface area contributed by atoms with Crippen LogP contribution in [0.4, 0.5) is 4.79 Å². The zero-order chi connectivity index (χ0) is 17.4. The second-order valence-corrected chi connectivity index (χ2v) is 6.19. The van der Waals surface area contributed by atoms with Gasteiger partial charge in [0, 0.05) is 19.1 Å². The SMILES string of the molecule is O=C(c1cnc2ccccc2n1)N1CCC(N2C(=O)CNC2=O)CC1. The highest BCUT2D eigenvalue weighted by Crippen LogP contribution is 2.20. The summed E-state index contributed by atoms with van der Waals surface area (Å²) in [5.74, 6) is -0.371. The topological polar surface area (TPSA) is 95.5 Å². The number of fused-ring (bicyclic) bond motifs is 1. The minimum absolute atomic E-state index is 0.0602. The molecule has 0 saturated carbocycles. The number of aromatic nitrogens is 2. The average molecular weight is 339 g/mol. The number of imide groups is 1. The number of benzene rings is 1. The van der Waals surface area contributed by atoms with Gasteiger partial charge in [0.1, 0.15) is 5.69 Å². The van der Waals surface area contributed by atoms with E-state index in [4.69, 9.17) is 0 Å². The molecule has 2 saturated heterocycles. The summed E-state index contributed by atoms with van der Waals surface area (Å²) < 4.78 is 0. The molecular formula is C17H17N5O3. The summed E-state index contributed by atoms with van der Waals surface area (Å²) in [5.41, 5.74) is 1.74. The Balaban J connectivity index is 1.45. The first-order chi connectivity index (χ1) is 12.1. The van der Waals surface area contributed by atoms with Gasteiger partial charge < -0.3 is 10.2 Å². The number of carbonyl (C=O) groups is 3. The fourth-order valence-corrected chi connectivity index (χ4v) is 3.35. The summed E-state index contributed by atoms with van der Waals surface area (Å²) in [6.07, 6.45) is 2.64. The standard InChI is InChI=1S/C17H17N5O3/c23-15-10-19-17(25)22(15)11-5-7-21(8-6-11)16(24)14-9-18-12-3-1-2-4-13(12)20-14/h1-4,9,11H,5-8,10H2,(H,19,25). The van der Waals surface area contributed by atoms with E-state index in [0.717, 1.165) is 5.52 Å². The number of hydrogen-bond acceptors (Lipinski definition) is 5. The van der Waals surface area contributed by atoms with Crippen molar-refractivity contribution >= 4 is 28.9 Å². The van der Waals surface area contributed by atoms with Crippen LogP contribution < -0.4 is 5.32 Å². The minimum Gasteiger partial charge on any atom is -0.337 e. The van der Waals surface area contributed by atoms with Gasteiger partial charge in [-0.3, -0.25) is 19.5 Å². The quantitative estimate of drug-likeness (QED) is 0.816. The van der Waals surface area contributed by atoms with E-state index in [-0.39, 0.29) is 30.4 Å². The molecule has 0 atom stereocenters. The molecule has 0 bridgehead atoms. The lowest BCUT2D eigenvalue weighted by Crippen LogP contribution is -2.49. The van der Waals surface area contributed by atoms with Crippen molar-refractivity contribution in [1.29, 1.82) is 0 Å². The maximum atomic E-state index is 12.7. The number of piperidine rings is 1. The Hall–Kier alpha value is -3.03. The van der Waals surface area contributed by atoms with Crippen molar-refractivity contribution in [2.24, 2.45) is 0 Å². The van der Waals surface area contributed by atoms with Gasteiger partial charge in [-0.2, -0.15) is 0 Å². The third-order valence-electron chi connectivity index (χ3n) is 4.66. The first kappa shape index (κ1) is 15.5. The molecule has 0 unspecified atom stereocenters. The van der Waals surface area contributed by atoms with Crippen LogP contribution in [0.25, 0.3) is 11.0 Å². The lowest BCUT2D eigenvalue weighted by Gasteiger charge is -2.35. The number of nitrogens with one attached hydrogen (secondary N) is 1. The van der Waals surface area contributed by atoms with Crippen molar-refractivity contribution < 1.29 is 14.4 Å². The Morgan fingerprint density at radius 2 is 1.84 bits per heavy atom. The number of rotatable bonds is 2. The molecule has 1 aromatic heterocycles. The second-order valence-electron chi connectivity index (χ2n) is 6.19. The molecule has 25 heavy (non-hydrogen) atoms. The third-order valence-corrected chi connectivity index (χ3v) is 4.66. The smallest absolute Gasteiger partial charge is 0.324 e. The highest BCUT2D eigenvalue weighted by Gasteiger charge is 2.37. The Morgan fingerprint density at radius 1 is 1.12 bits per heavy atom. The Kier molecular flexibility index (Phi) is 3.79. The van der Waals surface area contributed by atoms with Gasteiger partial charge in [-0.05, 0) is 25.0 Å². The van der Waals surface area contributed by atoms with Crippen LogP contribution in [0, 0.1) is 0 Å². The van der Waals surface area contributed by atoms with Crippen molar-refractivity contribution in [2.75, 3.05) is 19.6 Å². The summed E-state index contributed by atoms with van der Waals surface area (Å²) in [6, 6.07) is 6.91. The van der Waals surface area contributed by atoms with Crippen LogP contribution in [0.2, 0.25) is 0 Å². The Labute approximate surface area is 143 Å². The molecule has 4 rings (SSSR count). The molecule has 2 aromatic rings. The average Bonchev–Trinajstić information content (AvgIpc) is 2.99. The zero-order valence-corrected chi connectivity index (χ0v) is 13.5.